The Morgan fingerprint density at radius 2 is 2.04 bits per heavy atom. The van der Waals surface area contributed by atoms with Gasteiger partial charge in [-0.1, -0.05) is 30.0 Å². The summed E-state index contributed by atoms with van der Waals surface area (Å²) in [6, 6.07) is 9.51. The van der Waals surface area contributed by atoms with E-state index in [4.69, 9.17) is 0 Å². The Hall–Kier alpha value is -2.12. The van der Waals surface area contributed by atoms with Crippen molar-refractivity contribution in [2.45, 2.75) is 44.3 Å². The zero-order valence-corrected chi connectivity index (χ0v) is 16.9. The first-order chi connectivity index (χ1) is 13.3. The minimum absolute atomic E-state index is 0.0358. The molecule has 0 fully saturated rings. The summed E-state index contributed by atoms with van der Waals surface area (Å²) in [5, 5.41) is 14.8. The summed E-state index contributed by atoms with van der Waals surface area (Å²) in [5.74, 6) is 1.21. The summed E-state index contributed by atoms with van der Waals surface area (Å²) in [6.07, 6.45) is 4.84. The molecule has 0 radical (unpaired) electrons. The van der Waals surface area contributed by atoms with Gasteiger partial charge in [-0.05, 0) is 50.3 Å². The average molecular weight is 399 g/mol. The molecule has 0 saturated carbocycles. The zero-order valence-electron chi connectivity index (χ0n) is 15.3. The number of para-hydroxylation sites is 1. The number of hydrogen-bond acceptors (Lipinski definition) is 5. The van der Waals surface area contributed by atoms with E-state index in [2.05, 4.69) is 32.4 Å². The normalized spacial score (nSPS) is 13.4. The molecule has 27 heavy (non-hydrogen) atoms. The number of anilines is 1. The molecule has 5 nitrogen and oxygen atoms in total. The average Bonchev–Trinajstić information content (AvgIpc) is 3.30. The number of thiophene rings is 1. The second-order valence-corrected chi connectivity index (χ2v) is 8.42. The first-order valence-corrected chi connectivity index (χ1v) is 11.1. The van der Waals surface area contributed by atoms with Crippen molar-refractivity contribution in [3.05, 3.63) is 46.2 Å². The van der Waals surface area contributed by atoms with Crippen molar-refractivity contribution in [3.63, 3.8) is 0 Å². The summed E-state index contributed by atoms with van der Waals surface area (Å²) < 4.78 is 2.12. The van der Waals surface area contributed by atoms with Gasteiger partial charge in [-0.2, -0.15) is 0 Å². The van der Waals surface area contributed by atoms with Crippen molar-refractivity contribution in [2.75, 3.05) is 11.1 Å². The van der Waals surface area contributed by atoms with Crippen LogP contribution in [0.15, 0.2) is 40.9 Å². The third-order valence-electron chi connectivity index (χ3n) is 4.73. The van der Waals surface area contributed by atoms with Crippen LogP contribution >= 0.6 is 23.1 Å². The summed E-state index contributed by atoms with van der Waals surface area (Å²) in [5.41, 5.74) is 3.49. The Morgan fingerprint density at radius 1 is 1.22 bits per heavy atom. The standard InChI is InChI=1S/C20H22N4OS2/c1-2-24-19(16-12-26-17-11-7-6-10-15(16)17)22-23-20(24)27-13-18(25)21-14-8-4-3-5-9-14/h3-5,8-9,12H,2,6-7,10-11,13H2,1H3,(H,21,25). The molecule has 0 aliphatic heterocycles. The highest BCUT2D eigenvalue weighted by Crippen LogP contribution is 2.36. The third kappa shape index (κ3) is 3.94. The lowest BCUT2D eigenvalue weighted by molar-refractivity contribution is -0.113. The van der Waals surface area contributed by atoms with Gasteiger partial charge >= 0.3 is 0 Å². The maximum atomic E-state index is 12.2. The predicted octanol–water partition coefficient (Wildman–Crippen LogP) is 4.64. The van der Waals surface area contributed by atoms with E-state index in [1.807, 2.05) is 41.7 Å². The predicted molar refractivity (Wildman–Crippen MR) is 111 cm³/mol. The lowest BCUT2D eigenvalue weighted by atomic mass is 9.96. The van der Waals surface area contributed by atoms with Crippen LogP contribution in [0.25, 0.3) is 11.4 Å². The molecule has 7 heteroatoms. The van der Waals surface area contributed by atoms with Gasteiger partial charge in [0.25, 0.3) is 0 Å². The molecule has 3 aromatic rings. The van der Waals surface area contributed by atoms with Gasteiger partial charge < -0.3 is 9.88 Å². The van der Waals surface area contributed by atoms with E-state index >= 15 is 0 Å². The number of nitrogens with one attached hydrogen (secondary N) is 1. The maximum Gasteiger partial charge on any atom is 0.234 e. The molecule has 2 heterocycles. The minimum atomic E-state index is -0.0358. The Bertz CT molecular complexity index is 933. The summed E-state index contributed by atoms with van der Waals surface area (Å²) >= 11 is 3.28. The fourth-order valence-electron chi connectivity index (χ4n) is 3.41. The van der Waals surface area contributed by atoms with E-state index in [0.717, 1.165) is 29.6 Å². The number of carbonyl (C=O) groups is 1. The van der Waals surface area contributed by atoms with Gasteiger partial charge in [-0.25, -0.2) is 0 Å². The van der Waals surface area contributed by atoms with Crippen LogP contribution in [0.2, 0.25) is 0 Å². The molecule has 0 spiro atoms. The molecular formula is C20H22N4OS2. The quantitative estimate of drug-likeness (QED) is 0.615. The summed E-state index contributed by atoms with van der Waals surface area (Å²) in [7, 11) is 0. The van der Waals surface area contributed by atoms with Crippen LogP contribution in [-0.4, -0.2) is 26.4 Å². The molecule has 140 valence electrons. The first kappa shape index (κ1) is 18.3. The van der Waals surface area contributed by atoms with Gasteiger partial charge in [0.1, 0.15) is 0 Å². The van der Waals surface area contributed by atoms with Gasteiger partial charge in [0.2, 0.25) is 5.91 Å². The molecule has 1 aromatic carbocycles. The molecule has 1 aliphatic rings. The van der Waals surface area contributed by atoms with E-state index in [9.17, 15) is 4.79 Å². The van der Waals surface area contributed by atoms with Gasteiger partial charge in [0.05, 0.1) is 5.75 Å². The Morgan fingerprint density at radius 3 is 2.85 bits per heavy atom. The zero-order chi connectivity index (χ0) is 18.6. The fraction of sp³-hybridized carbons (Fsp3) is 0.350. The van der Waals surface area contributed by atoms with E-state index < -0.39 is 0 Å². The number of aryl methyl sites for hydroxylation is 1. The Kier molecular flexibility index (Phi) is 5.59. The summed E-state index contributed by atoms with van der Waals surface area (Å²) in [6.45, 7) is 2.88. The molecule has 1 amide bonds. The molecule has 0 unspecified atom stereocenters. The molecule has 4 rings (SSSR count). The molecule has 0 atom stereocenters. The van der Waals surface area contributed by atoms with Gasteiger partial charge in [-0.3, -0.25) is 4.79 Å². The van der Waals surface area contributed by atoms with Crippen LogP contribution < -0.4 is 5.32 Å². The number of fused-ring (bicyclic) bond motifs is 1. The van der Waals surface area contributed by atoms with Crippen LogP contribution in [-0.2, 0) is 24.2 Å². The molecule has 0 saturated heterocycles. The minimum Gasteiger partial charge on any atom is -0.325 e. The monoisotopic (exact) mass is 398 g/mol. The number of aromatic nitrogens is 3. The second kappa shape index (κ2) is 8.27. The number of nitrogens with zero attached hydrogens (tertiary/aromatic N) is 3. The van der Waals surface area contributed by atoms with Crippen molar-refractivity contribution in [1.82, 2.24) is 14.8 Å². The van der Waals surface area contributed by atoms with Gasteiger partial charge in [-0.15, -0.1) is 21.5 Å². The molecule has 2 aromatic heterocycles. The SMILES string of the molecule is CCn1c(SCC(=O)Nc2ccccc2)nnc1-c1csc2c1CCCC2. The van der Waals surface area contributed by atoms with Crippen LogP contribution in [0, 0.1) is 0 Å². The van der Waals surface area contributed by atoms with Crippen LogP contribution in [0.3, 0.4) is 0 Å². The number of carbonyl (C=O) groups excluding carboxylic acids is 1. The van der Waals surface area contributed by atoms with E-state index in [-0.39, 0.29) is 5.91 Å². The second-order valence-electron chi connectivity index (χ2n) is 6.51. The highest BCUT2D eigenvalue weighted by molar-refractivity contribution is 7.99. The topological polar surface area (TPSA) is 59.8 Å². The van der Waals surface area contributed by atoms with Gasteiger partial charge in [0.15, 0.2) is 11.0 Å². The van der Waals surface area contributed by atoms with E-state index in [1.54, 1.807) is 0 Å². The van der Waals surface area contributed by atoms with Crippen LogP contribution in [0.1, 0.15) is 30.2 Å². The molecule has 1 N–H and O–H groups in total. The largest absolute Gasteiger partial charge is 0.325 e. The van der Waals surface area contributed by atoms with E-state index in [1.165, 1.54) is 47.0 Å². The third-order valence-corrected chi connectivity index (χ3v) is 6.78. The van der Waals surface area contributed by atoms with Crippen molar-refractivity contribution in [3.8, 4) is 11.4 Å². The highest BCUT2D eigenvalue weighted by atomic mass is 32.2. The van der Waals surface area contributed by atoms with Crippen molar-refractivity contribution >= 4 is 34.7 Å². The Balaban J connectivity index is 1.48. The van der Waals surface area contributed by atoms with Crippen molar-refractivity contribution < 1.29 is 4.79 Å². The van der Waals surface area contributed by atoms with E-state index in [0.29, 0.717) is 5.75 Å². The number of thioether (sulfide) groups is 1. The van der Waals surface area contributed by atoms with Crippen molar-refractivity contribution in [2.24, 2.45) is 0 Å². The van der Waals surface area contributed by atoms with Crippen LogP contribution in [0.4, 0.5) is 5.69 Å². The number of amides is 1. The lowest BCUT2D eigenvalue weighted by Gasteiger charge is -2.13. The van der Waals surface area contributed by atoms with Gasteiger partial charge in [0, 0.05) is 28.1 Å². The number of rotatable bonds is 6. The maximum absolute atomic E-state index is 12.2. The molecule has 0 bridgehead atoms. The number of benzene rings is 1. The first-order valence-electron chi connectivity index (χ1n) is 9.26. The Labute approximate surface area is 167 Å². The molecule has 1 aliphatic carbocycles. The van der Waals surface area contributed by atoms with Crippen LogP contribution in [0.5, 0.6) is 0 Å². The highest BCUT2D eigenvalue weighted by Gasteiger charge is 2.22. The van der Waals surface area contributed by atoms with Crippen molar-refractivity contribution in [1.29, 1.82) is 0 Å². The smallest absolute Gasteiger partial charge is 0.234 e. The number of hydrogen-bond donors (Lipinski definition) is 1. The lowest BCUT2D eigenvalue weighted by Crippen LogP contribution is -2.14. The summed E-state index contributed by atoms with van der Waals surface area (Å²) in [4.78, 5) is 13.7. The fourth-order valence-corrected chi connectivity index (χ4v) is 5.34. The molecular weight excluding hydrogens is 376 g/mol.